The molecule has 6 rings (SSSR count). The number of aryl methyl sites for hydroxylation is 1. The molecule has 1 aliphatic carbocycles. The van der Waals surface area contributed by atoms with Crippen LogP contribution in [0.25, 0.3) is 0 Å². The maximum absolute atomic E-state index is 13.6. The van der Waals surface area contributed by atoms with E-state index in [-0.39, 0.29) is 28.3 Å². The number of hydrogen-bond donors (Lipinski definition) is 1. The summed E-state index contributed by atoms with van der Waals surface area (Å²) in [4.78, 5) is 35.1. The first-order valence-electron chi connectivity index (χ1n) is 13.2. The Morgan fingerprint density at radius 3 is 2.53 bits per heavy atom. The number of carbonyl (C=O) groups excluding carboxylic acids is 2. The maximum atomic E-state index is 13.6. The number of pyridine rings is 1. The zero-order valence-electron chi connectivity index (χ0n) is 21.1. The first kappa shape index (κ1) is 25.2. The SMILES string of the molecule is O=C(N[C@@H]1CCc2ccc(C(=O)N3CCC4(CCN(c5ccncc5)CC4)C3)cc21)c1cccc(Cl)c1Cl. The molecule has 3 aromatic rings. The fraction of sp³-hybridized carbons (Fsp3) is 0.367. The molecule has 0 unspecified atom stereocenters. The number of nitrogens with one attached hydrogen (secondary N) is 1. The van der Waals surface area contributed by atoms with E-state index in [1.165, 1.54) is 11.3 Å². The lowest BCUT2D eigenvalue weighted by Gasteiger charge is -2.40. The summed E-state index contributed by atoms with van der Waals surface area (Å²) >= 11 is 12.4. The van der Waals surface area contributed by atoms with Crippen molar-refractivity contribution in [3.8, 4) is 0 Å². The van der Waals surface area contributed by atoms with Crippen LogP contribution in [0.2, 0.25) is 10.0 Å². The summed E-state index contributed by atoms with van der Waals surface area (Å²) in [5, 5.41) is 3.71. The van der Waals surface area contributed by atoms with Crippen LogP contribution >= 0.6 is 23.2 Å². The first-order valence-corrected chi connectivity index (χ1v) is 14.0. The van der Waals surface area contributed by atoms with Crippen LogP contribution in [0.15, 0.2) is 60.9 Å². The number of piperidine rings is 1. The van der Waals surface area contributed by atoms with Crippen molar-refractivity contribution in [2.75, 3.05) is 31.1 Å². The molecule has 1 N–H and O–H groups in total. The van der Waals surface area contributed by atoms with Crippen LogP contribution in [0.1, 0.15) is 63.6 Å². The highest BCUT2D eigenvalue weighted by atomic mass is 35.5. The van der Waals surface area contributed by atoms with E-state index >= 15 is 0 Å². The van der Waals surface area contributed by atoms with Gasteiger partial charge in [0.25, 0.3) is 11.8 Å². The predicted octanol–water partition coefficient (Wildman–Crippen LogP) is 5.94. The lowest BCUT2D eigenvalue weighted by Crippen LogP contribution is -2.42. The molecule has 2 amide bonds. The van der Waals surface area contributed by atoms with E-state index in [1.54, 1.807) is 18.2 Å². The number of halogens is 2. The standard InChI is InChI=1S/C30H30Cl2N4O2/c31-25-3-1-2-23(27(25)32)28(37)34-26-7-6-20-4-5-21(18-24(20)26)29(38)36-17-12-30(19-36)10-15-35(16-11-30)22-8-13-33-14-9-22/h1-5,8-9,13-14,18,26H,6-7,10-12,15-17,19H2,(H,34,37)/t26-/m1/s1. The predicted molar refractivity (Wildman–Crippen MR) is 150 cm³/mol. The van der Waals surface area contributed by atoms with E-state index in [2.05, 4.69) is 27.3 Å². The monoisotopic (exact) mass is 548 g/mol. The van der Waals surface area contributed by atoms with E-state index in [1.807, 2.05) is 35.5 Å². The van der Waals surface area contributed by atoms with Gasteiger partial charge in [-0.3, -0.25) is 14.6 Å². The van der Waals surface area contributed by atoms with Crippen molar-refractivity contribution in [2.45, 2.75) is 38.1 Å². The third kappa shape index (κ3) is 4.76. The van der Waals surface area contributed by atoms with Crippen LogP contribution < -0.4 is 10.2 Å². The van der Waals surface area contributed by atoms with Crippen molar-refractivity contribution >= 4 is 40.7 Å². The van der Waals surface area contributed by atoms with E-state index in [9.17, 15) is 9.59 Å². The van der Waals surface area contributed by atoms with Crippen molar-refractivity contribution < 1.29 is 9.59 Å². The quantitative estimate of drug-likeness (QED) is 0.438. The van der Waals surface area contributed by atoms with Crippen LogP contribution in [0.3, 0.4) is 0 Å². The van der Waals surface area contributed by atoms with Gasteiger partial charge >= 0.3 is 0 Å². The van der Waals surface area contributed by atoms with Gasteiger partial charge in [-0.25, -0.2) is 0 Å². The summed E-state index contributed by atoms with van der Waals surface area (Å²) in [6, 6.07) is 15.0. The average Bonchev–Trinajstić information content (AvgIpc) is 3.54. The minimum Gasteiger partial charge on any atom is -0.371 e. The van der Waals surface area contributed by atoms with Gasteiger partial charge in [-0.15, -0.1) is 0 Å². The number of aromatic nitrogens is 1. The number of likely N-dealkylation sites (tertiary alicyclic amines) is 1. The Hall–Kier alpha value is -3.09. The highest BCUT2D eigenvalue weighted by Gasteiger charge is 2.42. The smallest absolute Gasteiger partial charge is 0.253 e. The molecule has 2 aromatic carbocycles. The van der Waals surface area contributed by atoms with Crippen molar-refractivity contribution in [3.63, 3.8) is 0 Å². The van der Waals surface area contributed by atoms with Gasteiger partial charge in [0.05, 0.1) is 21.7 Å². The number of nitrogens with zero attached hydrogens (tertiary/aromatic N) is 3. The Morgan fingerprint density at radius 2 is 1.74 bits per heavy atom. The minimum absolute atomic E-state index is 0.0797. The molecule has 38 heavy (non-hydrogen) atoms. The summed E-state index contributed by atoms with van der Waals surface area (Å²) in [6.07, 6.45) is 8.56. The second-order valence-corrected chi connectivity index (χ2v) is 11.5. The molecule has 6 nitrogen and oxygen atoms in total. The molecule has 1 aromatic heterocycles. The molecule has 3 aliphatic rings. The highest BCUT2D eigenvalue weighted by Crippen LogP contribution is 2.42. The Bertz CT molecular complexity index is 1370. The summed E-state index contributed by atoms with van der Waals surface area (Å²) in [5.74, 6) is -0.178. The van der Waals surface area contributed by atoms with Crippen molar-refractivity contribution in [1.29, 1.82) is 0 Å². The summed E-state index contributed by atoms with van der Waals surface area (Å²) in [6.45, 7) is 3.60. The third-order valence-corrected chi connectivity index (χ3v) is 9.37. The molecular weight excluding hydrogens is 519 g/mol. The fourth-order valence-corrected chi connectivity index (χ4v) is 6.68. The second kappa shape index (κ2) is 10.2. The first-order chi connectivity index (χ1) is 18.4. The molecule has 8 heteroatoms. The summed E-state index contributed by atoms with van der Waals surface area (Å²) in [7, 11) is 0. The molecule has 196 valence electrons. The molecule has 0 radical (unpaired) electrons. The molecule has 2 fully saturated rings. The largest absolute Gasteiger partial charge is 0.371 e. The van der Waals surface area contributed by atoms with Crippen LogP contribution in [0, 0.1) is 5.41 Å². The molecule has 1 atom stereocenters. The van der Waals surface area contributed by atoms with Crippen LogP contribution in [-0.2, 0) is 6.42 Å². The second-order valence-electron chi connectivity index (χ2n) is 10.7. The van der Waals surface area contributed by atoms with Crippen LogP contribution in [0.5, 0.6) is 0 Å². The van der Waals surface area contributed by atoms with Crippen LogP contribution in [-0.4, -0.2) is 47.9 Å². The van der Waals surface area contributed by atoms with E-state index in [4.69, 9.17) is 23.2 Å². The topological polar surface area (TPSA) is 65.5 Å². The molecular formula is C30H30Cl2N4O2. The van der Waals surface area contributed by atoms with Crippen molar-refractivity contribution in [2.24, 2.45) is 5.41 Å². The summed E-state index contributed by atoms with van der Waals surface area (Å²) in [5.41, 5.74) is 4.66. The number of carbonyl (C=O) groups is 2. The molecule has 2 saturated heterocycles. The third-order valence-electron chi connectivity index (χ3n) is 8.55. The van der Waals surface area contributed by atoms with Crippen LogP contribution in [0.4, 0.5) is 5.69 Å². The van der Waals surface area contributed by atoms with Gasteiger partial charge < -0.3 is 15.1 Å². The number of rotatable bonds is 4. The molecule has 0 bridgehead atoms. The van der Waals surface area contributed by atoms with Crippen molar-refractivity contribution in [3.05, 3.63) is 93.2 Å². The van der Waals surface area contributed by atoms with Gasteiger partial charge in [0, 0.05) is 49.8 Å². The molecule has 2 aliphatic heterocycles. The number of amides is 2. The minimum atomic E-state index is -0.258. The number of benzene rings is 2. The van der Waals surface area contributed by atoms with Gasteiger partial charge in [0.15, 0.2) is 0 Å². The van der Waals surface area contributed by atoms with Gasteiger partial charge in [-0.1, -0.05) is 35.3 Å². The summed E-state index contributed by atoms with van der Waals surface area (Å²) < 4.78 is 0. The number of hydrogen-bond acceptors (Lipinski definition) is 4. The Kier molecular flexibility index (Phi) is 6.79. The number of anilines is 1. The maximum Gasteiger partial charge on any atom is 0.253 e. The molecule has 1 spiro atoms. The fourth-order valence-electron chi connectivity index (χ4n) is 6.29. The zero-order chi connectivity index (χ0) is 26.3. The van der Waals surface area contributed by atoms with E-state index in [0.717, 1.165) is 63.8 Å². The lowest BCUT2D eigenvalue weighted by molar-refractivity contribution is 0.0764. The molecule has 0 saturated carbocycles. The Morgan fingerprint density at radius 1 is 0.974 bits per heavy atom. The average molecular weight is 550 g/mol. The van der Waals surface area contributed by atoms with E-state index < -0.39 is 0 Å². The van der Waals surface area contributed by atoms with Gasteiger partial charge in [0.1, 0.15) is 0 Å². The molecule has 3 heterocycles. The van der Waals surface area contributed by atoms with Gasteiger partial charge in [0.2, 0.25) is 0 Å². The van der Waals surface area contributed by atoms with Gasteiger partial charge in [-0.05, 0) is 85.0 Å². The zero-order valence-corrected chi connectivity index (χ0v) is 22.6. The normalized spacial score (nSPS) is 20.0. The Labute approximate surface area is 232 Å². The van der Waals surface area contributed by atoms with E-state index in [0.29, 0.717) is 16.1 Å². The highest BCUT2D eigenvalue weighted by molar-refractivity contribution is 6.43. The Balaban J connectivity index is 1.12. The number of fused-ring (bicyclic) bond motifs is 1. The lowest BCUT2D eigenvalue weighted by atomic mass is 9.77. The van der Waals surface area contributed by atoms with Gasteiger partial charge in [-0.2, -0.15) is 0 Å². The van der Waals surface area contributed by atoms with Crippen molar-refractivity contribution in [1.82, 2.24) is 15.2 Å².